The molecule has 2 rings (SSSR count). The lowest BCUT2D eigenvalue weighted by molar-refractivity contribution is 0.0398. The molecule has 1 aromatic rings. The highest BCUT2D eigenvalue weighted by atomic mass is 16.5. The average molecular weight is 283 g/mol. The van der Waals surface area contributed by atoms with Crippen molar-refractivity contribution in [3.05, 3.63) is 0 Å². The summed E-state index contributed by atoms with van der Waals surface area (Å²) in [7, 11) is 0. The van der Waals surface area contributed by atoms with E-state index in [0.29, 0.717) is 12.6 Å². The molecule has 9 nitrogen and oxygen atoms in total. The Morgan fingerprint density at radius 2 is 2.00 bits per heavy atom. The molecule has 0 spiro atoms. The van der Waals surface area contributed by atoms with Crippen molar-refractivity contribution >= 4 is 11.9 Å². The van der Waals surface area contributed by atoms with Crippen LogP contribution in [0.1, 0.15) is 6.92 Å². The molecule has 1 aliphatic heterocycles. The molecule has 1 saturated heterocycles. The van der Waals surface area contributed by atoms with E-state index >= 15 is 0 Å². The van der Waals surface area contributed by atoms with Crippen LogP contribution >= 0.6 is 0 Å². The van der Waals surface area contributed by atoms with Gasteiger partial charge in [-0.25, -0.2) is 5.84 Å². The number of hydrogen-bond donors (Lipinski definition) is 3. The van der Waals surface area contributed by atoms with Crippen LogP contribution in [0.2, 0.25) is 0 Å². The van der Waals surface area contributed by atoms with Gasteiger partial charge in [0.2, 0.25) is 11.9 Å². The molecule has 1 aromatic heterocycles. The highest BCUT2D eigenvalue weighted by molar-refractivity contribution is 5.34. The van der Waals surface area contributed by atoms with Gasteiger partial charge in [-0.3, -0.25) is 10.3 Å². The fraction of sp³-hybridized carbons (Fsp3) is 0.727. The van der Waals surface area contributed by atoms with Gasteiger partial charge < -0.3 is 14.8 Å². The van der Waals surface area contributed by atoms with E-state index in [2.05, 4.69) is 30.6 Å². The van der Waals surface area contributed by atoms with Crippen LogP contribution < -0.4 is 21.3 Å². The van der Waals surface area contributed by atoms with E-state index in [1.54, 1.807) is 0 Å². The molecule has 2 heterocycles. The first kappa shape index (κ1) is 14.7. The van der Waals surface area contributed by atoms with Crippen LogP contribution in [-0.2, 0) is 4.74 Å². The lowest BCUT2D eigenvalue weighted by atomic mass is 10.4. The normalized spacial score (nSPS) is 15.9. The first-order chi connectivity index (χ1) is 9.81. The molecule has 0 unspecified atom stereocenters. The fourth-order valence-corrected chi connectivity index (χ4v) is 1.84. The van der Waals surface area contributed by atoms with Gasteiger partial charge in [-0.05, 0) is 6.92 Å². The number of morpholine rings is 1. The monoisotopic (exact) mass is 283 g/mol. The average Bonchev–Trinajstić information content (AvgIpc) is 2.48. The minimum absolute atomic E-state index is 0.254. The summed E-state index contributed by atoms with van der Waals surface area (Å²) in [4.78, 5) is 14.6. The van der Waals surface area contributed by atoms with Crippen molar-refractivity contribution in [2.75, 3.05) is 56.7 Å². The standard InChI is InChI=1S/C11H21N7O2/c1-2-20-11-15-9(14-10(16-11)17-12)13-3-4-18-5-7-19-8-6-18/h2-8,12H2,1H3,(H2,13,14,15,16,17). The second-order valence-electron chi connectivity index (χ2n) is 4.22. The molecule has 1 fully saturated rings. The summed E-state index contributed by atoms with van der Waals surface area (Å²) in [5, 5.41) is 3.15. The maximum Gasteiger partial charge on any atom is 0.323 e. The van der Waals surface area contributed by atoms with Crippen molar-refractivity contribution in [1.29, 1.82) is 0 Å². The Balaban J connectivity index is 1.85. The van der Waals surface area contributed by atoms with Crippen molar-refractivity contribution in [3.8, 4) is 6.01 Å². The number of hydrogen-bond acceptors (Lipinski definition) is 9. The molecular formula is C11H21N7O2. The van der Waals surface area contributed by atoms with Crippen LogP contribution in [0.25, 0.3) is 0 Å². The van der Waals surface area contributed by atoms with E-state index in [1.807, 2.05) is 6.92 Å². The third kappa shape index (κ3) is 4.44. The molecule has 0 bridgehead atoms. The van der Waals surface area contributed by atoms with Gasteiger partial charge in [0.05, 0.1) is 19.8 Å². The number of anilines is 2. The predicted molar refractivity (Wildman–Crippen MR) is 74.6 cm³/mol. The highest BCUT2D eigenvalue weighted by Crippen LogP contribution is 2.10. The van der Waals surface area contributed by atoms with Crippen molar-refractivity contribution in [1.82, 2.24) is 19.9 Å². The van der Waals surface area contributed by atoms with E-state index in [0.717, 1.165) is 39.4 Å². The van der Waals surface area contributed by atoms with Gasteiger partial charge in [-0.2, -0.15) is 15.0 Å². The number of ether oxygens (including phenoxy) is 2. The Labute approximate surface area is 117 Å². The second kappa shape index (κ2) is 7.78. The smallest absolute Gasteiger partial charge is 0.323 e. The first-order valence-corrected chi connectivity index (χ1v) is 6.71. The number of hydrazine groups is 1. The van der Waals surface area contributed by atoms with E-state index in [4.69, 9.17) is 15.3 Å². The summed E-state index contributed by atoms with van der Waals surface area (Å²) in [5.41, 5.74) is 2.40. The predicted octanol–water partition coefficient (Wildman–Crippen LogP) is -0.700. The summed E-state index contributed by atoms with van der Waals surface area (Å²) in [6, 6.07) is 0.254. The first-order valence-electron chi connectivity index (χ1n) is 6.71. The summed E-state index contributed by atoms with van der Waals surface area (Å²) in [5.74, 6) is 6.05. The van der Waals surface area contributed by atoms with Gasteiger partial charge in [0.1, 0.15) is 0 Å². The molecular weight excluding hydrogens is 262 g/mol. The Kier molecular flexibility index (Phi) is 5.71. The van der Waals surface area contributed by atoms with E-state index in [-0.39, 0.29) is 12.0 Å². The van der Waals surface area contributed by atoms with Crippen molar-refractivity contribution in [3.63, 3.8) is 0 Å². The molecule has 1 aliphatic rings. The number of rotatable bonds is 7. The quantitative estimate of drug-likeness (QED) is 0.442. The molecule has 0 radical (unpaired) electrons. The van der Waals surface area contributed by atoms with Gasteiger partial charge in [0.15, 0.2) is 0 Å². The molecule has 0 aromatic carbocycles. The Bertz CT molecular complexity index is 412. The third-order valence-electron chi connectivity index (χ3n) is 2.83. The van der Waals surface area contributed by atoms with Crippen LogP contribution in [0.5, 0.6) is 6.01 Å². The number of nitrogens with one attached hydrogen (secondary N) is 2. The maximum atomic E-state index is 5.32. The van der Waals surface area contributed by atoms with Crippen LogP contribution in [0.4, 0.5) is 11.9 Å². The molecule has 4 N–H and O–H groups in total. The third-order valence-corrected chi connectivity index (χ3v) is 2.83. The lowest BCUT2D eigenvalue weighted by Gasteiger charge is -2.26. The Morgan fingerprint density at radius 3 is 2.70 bits per heavy atom. The molecule has 112 valence electrons. The van der Waals surface area contributed by atoms with Crippen LogP contribution in [0.15, 0.2) is 0 Å². The van der Waals surface area contributed by atoms with E-state index in [9.17, 15) is 0 Å². The Morgan fingerprint density at radius 1 is 1.25 bits per heavy atom. The van der Waals surface area contributed by atoms with Crippen LogP contribution in [0.3, 0.4) is 0 Å². The summed E-state index contributed by atoms with van der Waals surface area (Å²) in [6.45, 7) is 7.50. The van der Waals surface area contributed by atoms with Crippen molar-refractivity contribution in [2.24, 2.45) is 5.84 Å². The minimum Gasteiger partial charge on any atom is -0.464 e. The van der Waals surface area contributed by atoms with Gasteiger partial charge in [0.25, 0.3) is 0 Å². The molecule has 0 saturated carbocycles. The number of nitrogens with two attached hydrogens (primary N) is 1. The summed E-state index contributed by atoms with van der Waals surface area (Å²) >= 11 is 0. The summed E-state index contributed by atoms with van der Waals surface area (Å²) < 4.78 is 10.6. The number of nitrogen functional groups attached to an aromatic ring is 1. The Hall–Kier alpha value is -1.71. The highest BCUT2D eigenvalue weighted by Gasteiger charge is 2.10. The van der Waals surface area contributed by atoms with Crippen molar-refractivity contribution in [2.45, 2.75) is 6.92 Å². The van der Waals surface area contributed by atoms with Gasteiger partial charge >= 0.3 is 6.01 Å². The maximum absolute atomic E-state index is 5.32. The summed E-state index contributed by atoms with van der Waals surface area (Å²) in [6.07, 6.45) is 0. The zero-order valence-corrected chi connectivity index (χ0v) is 11.6. The molecule has 9 heteroatoms. The topological polar surface area (TPSA) is 110 Å². The van der Waals surface area contributed by atoms with Gasteiger partial charge in [0, 0.05) is 26.2 Å². The molecule has 0 atom stereocenters. The fourth-order valence-electron chi connectivity index (χ4n) is 1.84. The second-order valence-corrected chi connectivity index (χ2v) is 4.22. The number of nitrogens with zero attached hydrogens (tertiary/aromatic N) is 4. The minimum atomic E-state index is 0.254. The van der Waals surface area contributed by atoms with Crippen LogP contribution in [-0.4, -0.2) is 65.9 Å². The van der Waals surface area contributed by atoms with E-state index < -0.39 is 0 Å². The largest absolute Gasteiger partial charge is 0.464 e. The molecule has 0 amide bonds. The van der Waals surface area contributed by atoms with Gasteiger partial charge in [-0.1, -0.05) is 0 Å². The number of aromatic nitrogens is 3. The molecule has 20 heavy (non-hydrogen) atoms. The molecule has 0 aliphatic carbocycles. The van der Waals surface area contributed by atoms with Crippen LogP contribution in [0, 0.1) is 0 Å². The van der Waals surface area contributed by atoms with Crippen molar-refractivity contribution < 1.29 is 9.47 Å². The lowest BCUT2D eigenvalue weighted by Crippen LogP contribution is -2.39. The zero-order valence-electron chi connectivity index (χ0n) is 11.6. The zero-order chi connectivity index (χ0) is 14.2. The SMILES string of the molecule is CCOc1nc(NN)nc(NCCN2CCOCC2)n1. The van der Waals surface area contributed by atoms with Gasteiger partial charge in [-0.15, -0.1) is 0 Å². The van der Waals surface area contributed by atoms with E-state index in [1.165, 1.54) is 0 Å².